The Morgan fingerprint density at radius 1 is 1.41 bits per heavy atom. The first-order chi connectivity index (χ1) is 10.7. The lowest BCUT2D eigenvalue weighted by molar-refractivity contribution is 0.102. The SMILES string of the molecule is CC(C)c1cc(NCCCCC2CCCO2)c2nncn2n1. The summed E-state index contributed by atoms with van der Waals surface area (Å²) in [5.41, 5.74) is 2.87. The second-order valence-corrected chi connectivity index (χ2v) is 6.29. The lowest BCUT2D eigenvalue weighted by Gasteiger charge is -2.12. The van der Waals surface area contributed by atoms with Crippen molar-refractivity contribution >= 4 is 11.3 Å². The molecule has 0 aromatic carbocycles. The zero-order valence-electron chi connectivity index (χ0n) is 13.5. The van der Waals surface area contributed by atoms with E-state index < -0.39 is 0 Å². The zero-order valence-corrected chi connectivity index (χ0v) is 13.5. The van der Waals surface area contributed by atoms with Gasteiger partial charge in [-0.1, -0.05) is 13.8 Å². The van der Waals surface area contributed by atoms with E-state index in [1.807, 2.05) is 0 Å². The Kier molecular flexibility index (Phi) is 4.87. The van der Waals surface area contributed by atoms with Crippen LogP contribution in [0.2, 0.25) is 0 Å². The summed E-state index contributed by atoms with van der Waals surface area (Å²) in [4.78, 5) is 0. The molecule has 3 heterocycles. The third-order valence-corrected chi connectivity index (χ3v) is 4.17. The number of nitrogens with one attached hydrogen (secondary N) is 1. The fourth-order valence-corrected chi connectivity index (χ4v) is 2.85. The van der Waals surface area contributed by atoms with Gasteiger partial charge in [0.1, 0.15) is 6.33 Å². The van der Waals surface area contributed by atoms with E-state index >= 15 is 0 Å². The molecule has 120 valence electrons. The van der Waals surface area contributed by atoms with E-state index in [4.69, 9.17) is 4.74 Å². The molecule has 1 saturated heterocycles. The molecule has 0 bridgehead atoms. The van der Waals surface area contributed by atoms with Crippen LogP contribution in [0.15, 0.2) is 12.4 Å². The third-order valence-electron chi connectivity index (χ3n) is 4.17. The minimum atomic E-state index is 0.381. The van der Waals surface area contributed by atoms with Gasteiger partial charge >= 0.3 is 0 Å². The Morgan fingerprint density at radius 3 is 3.09 bits per heavy atom. The number of anilines is 1. The summed E-state index contributed by atoms with van der Waals surface area (Å²) in [6.07, 6.45) is 8.12. The van der Waals surface area contributed by atoms with Gasteiger partial charge in [-0.2, -0.15) is 9.61 Å². The molecule has 0 saturated carbocycles. The summed E-state index contributed by atoms with van der Waals surface area (Å²) < 4.78 is 7.41. The molecule has 0 aliphatic carbocycles. The molecule has 0 amide bonds. The van der Waals surface area contributed by atoms with E-state index in [0.717, 1.165) is 36.6 Å². The van der Waals surface area contributed by atoms with E-state index in [9.17, 15) is 0 Å². The van der Waals surface area contributed by atoms with Gasteiger partial charge in [-0.05, 0) is 44.1 Å². The monoisotopic (exact) mass is 303 g/mol. The summed E-state index contributed by atoms with van der Waals surface area (Å²) >= 11 is 0. The van der Waals surface area contributed by atoms with Crippen LogP contribution in [0.4, 0.5) is 5.69 Å². The Bertz CT molecular complexity index is 604. The van der Waals surface area contributed by atoms with Crippen molar-refractivity contribution in [3.63, 3.8) is 0 Å². The highest BCUT2D eigenvalue weighted by Gasteiger charge is 2.14. The maximum absolute atomic E-state index is 5.66. The molecule has 6 nitrogen and oxygen atoms in total. The number of unbranched alkanes of at least 4 members (excludes halogenated alkanes) is 1. The van der Waals surface area contributed by atoms with Crippen molar-refractivity contribution in [2.75, 3.05) is 18.5 Å². The molecular weight excluding hydrogens is 278 g/mol. The second-order valence-electron chi connectivity index (χ2n) is 6.29. The highest BCUT2D eigenvalue weighted by molar-refractivity contribution is 5.66. The molecular formula is C16H25N5O. The predicted molar refractivity (Wildman–Crippen MR) is 86.2 cm³/mol. The van der Waals surface area contributed by atoms with Crippen molar-refractivity contribution in [3.05, 3.63) is 18.1 Å². The van der Waals surface area contributed by atoms with E-state index in [0.29, 0.717) is 12.0 Å². The minimum absolute atomic E-state index is 0.381. The topological polar surface area (TPSA) is 64.3 Å². The summed E-state index contributed by atoms with van der Waals surface area (Å²) in [6.45, 7) is 6.17. The molecule has 1 aliphatic rings. The van der Waals surface area contributed by atoms with Gasteiger partial charge in [0.25, 0.3) is 0 Å². The molecule has 1 fully saturated rings. The van der Waals surface area contributed by atoms with Gasteiger partial charge in [0.2, 0.25) is 5.65 Å². The average Bonchev–Trinajstić information content (AvgIpc) is 3.17. The average molecular weight is 303 g/mol. The van der Waals surface area contributed by atoms with E-state index in [-0.39, 0.29) is 0 Å². The molecule has 2 aromatic heterocycles. The van der Waals surface area contributed by atoms with Gasteiger partial charge in [0.15, 0.2) is 0 Å². The molecule has 0 spiro atoms. The summed E-state index contributed by atoms with van der Waals surface area (Å²) in [7, 11) is 0. The molecule has 0 radical (unpaired) electrons. The lowest BCUT2D eigenvalue weighted by atomic mass is 10.1. The van der Waals surface area contributed by atoms with Crippen LogP contribution in [0.3, 0.4) is 0 Å². The molecule has 1 unspecified atom stereocenters. The molecule has 1 N–H and O–H groups in total. The van der Waals surface area contributed by atoms with Crippen LogP contribution in [0.25, 0.3) is 5.65 Å². The molecule has 22 heavy (non-hydrogen) atoms. The highest BCUT2D eigenvalue weighted by atomic mass is 16.5. The lowest BCUT2D eigenvalue weighted by Crippen LogP contribution is -2.09. The van der Waals surface area contributed by atoms with Crippen LogP contribution < -0.4 is 5.32 Å². The Balaban J connectivity index is 1.54. The number of hydrogen-bond donors (Lipinski definition) is 1. The molecule has 2 aromatic rings. The maximum Gasteiger partial charge on any atom is 0.200 e. The second kappa shape index (κ2) is 7.05. The highest BCUT2D eigenvalue weighted by Crippen LogP contribution is 2.21. The molecule has 3 rings (SSSR count). The standard InChI is InChI=1S/C16H25N5O/c1-12(2)14-10-15(16-19-18-11-21(16)20-14)17-8-4-3-6-13-7-5-9-22-13/h10-13,17H,3-9H2,1-2H3. The number of hydrogen-bond acceptors (Lipinski definition) is 5. The summed E-state index contributed by atoms with van der Waals surface area (Å²) in [5, 5.41) is 16.1. The Labute approximate surface area is 131 Å². The number of fused-ring (bicyclic) bond motifs is 1. The van der Waals surface area contributed by atoms with Gasteiger partial charge in [-0.15, -0.1) is 10.2 Å². The normalized spacial score (nSPS) is 18.4. The fourth-order valence-electron chi connectivity index (χ4n) is 2.85. The summed E-state index contributed by atoms with van der Waals surface area (Å²) in [5.74, 6) is 0.381. The van der Waals surface area contributed by atoms with Crippen LogP contribution in [0, 0.1) is 0 Å². The number of aromatic nitrogens is 4. The van der Waals surface area contributed by atoms with Crippen molar-refractivity contribution in [2.45, 2.75) is 58.0 Å². The Hall–Kier alpha value is -1.69. The number of nitrogens with zero attached hydrogens (tertiary/aromatic N) is 4. The van der Waals surface area contributed by atoms with Gasteiger partial charge in [0.05, 0.1) is 17.5 Å². The largest absolute Gasteiger partial charge is 0.382 e. The zero-order chi connectivity index (χ0) is 15.4. The van der Waals surface area contributed by atoms with Crippen molar-refractivity contribution in [1.29, 1.82) is 0 Å². The number of rotatable bonds is 7. The van der Waals surface area contributed by atoms with Crippen LogP contribution in [0.5, 0.6) is 0 Å². The fraction of sp³-hybridized carbons (Fsp3) is 0.688. The smallest absolute Gasteiger partial charge is 0.200 e. The van der Waals surface area contributed by atoms with Crippen molar-refractivity contribution in [3.8, 4) is 0 Å². The number of ether oxygens (including phenoxy) is 1. The van der Waals surface area contributed by atoms with E-state index in [2.05, 4.69) is 40.5 Å². The van der Waals surface area contributed by atoms with Gasteiger partial charge in [0, 0.05) is 13.2 Å². The predicted octanol–water partition coefficient (Wildman–Crippen LogP) is 3.01. The van der Waals surface area contributed by atoms with Gasteiger partial charge < -0.3 is 10.1 Å². The van der Waals surface area contributed by atoms with Crippen LogP contribution >= 0.6 is 0 Å². The minimum Gasteiger partial charge on any atom is -0.382 e. The van der Waals surface area contributed by atoms with Crippen LogP contribution in [0.1, 0.15) is 57.6 Å². The van der Waals surface area contributed by atoms with Crippen molar-refractivity contribution in [2.24, 2.45) is 0 Å². The first-order valence-corrected chi connectivity index (χ1v) is 8.30. The maximum atomic E-state index is 5.66. The molecule has 1 atom stereocenters. The summed E-state index contributed by atoms with van der Waals surface area (Å²) in [6, 6.07) is 2.09. The first kappa shape index (κ1) is 15.2. The van der Waals surface area contributed by atoms with E-state index in [1.165, 1.54) is 25.7 Å². The van der Waals surface area contributed by atoms with Crippen LogP contribution in [-0.4, -0.2) is 39.1 Å². The van der Waals surface area contributed by atoms with E-state index in [1.54, 1.807) is 10.8 Å². The first-order valence-electron chi connectivity index (χ1n) is 8.30. The quantitative estimate of drug-likeness (QED) is 0.797. The van der Waals surface area contributed by atoms with Gasteiger partial charge in [-0.25, -0.2) is 0 Å². The third kappa shape index (κ3) is 3.55. The molecule has 1 aliphatic heterocycles. The van der Waals surface area contributed by atoms with Gasteiger partial charge in [-0.3, -0.25) is 0 Å². The van der Waals surface area contributed by atoms with Crippen molar-refractivity contribution < 1.29 is 4.74 Å². The molecule has 6 heteroatoms. The van der Waals surface area contributed by atoms with Crippen molar-refractivity contribution in [1.82, 2.24) is 19.8 Å². The Morgan fingerprint density at radius 2 is 2.32 bits per heavy atom. The van der Waals surface area contributed by atoms with Crippen LogP contribution in [-0.2, 0) is 4.74 Å².